The molecule has 2 heteroatoms. The summed E-state index contributed by atoms with van der Waals surface area (Å²) in [6, 6.07) is 35.8. The van der Waals surface area contributed by atoms with E-state index in [4.69, 9.17) is 0 Å². The van der Waals surface area contributed by atoms with Gasteiger partial charge in [-0.25, -0.2) is 0 Å². The third-order valence-electron chi connectivity index (χ3n) is 4.26. The van der Waals surface area contributed by atoms with Gasteiger partial charge >= 0.3 is 0 Å². The molecule has 0 aliphatic rings. The molecule has 0 aliphatic heterocycles. The maximum Gasteiger partial charge on any atom is 0.117 e. The van der Waals surface area contributed by atoms with Gasteiger partial charge in [-0.1, -0.05) is 66.7 Å². The molecule has 4 rings (SSSR count). The third-order valence-corrected chi connectivity index (χ3v) is 4.26. The highest BCUT2D eigenvalue weighted by Crippen LogP contribution is 2.34. The molecule has 0 radical (unpaired) electrons. The van der Waals surface area contributed by atoms with E-state index < -0.39 is 0 Å². The van der Waals surface area contributed by atoms with Crippen molar-refractivity contribution in [3.05, 3.63) is 115 Å². The lowest BCUT2D eigenvalue weighted by Crippen LogP contribution is -2.14. The Kier molecular flexibility index (Phi) is 4.34. The standard InChI is InChI=1S/C23H20N2/c1-4-11-20(12-5-1)19-24-18-10-17-23(24)25(21-13-6-2-7-14-21)22-15-8-3-9-16-22/h1-18H,19H2. The van der Waals surface area contributed by atoms with Crippen LogP contribution in [-0.4, -0.2) is 4.57 Å². The summed E-state index contributed by atoms with van der Waals surface area (Å²) < 4.78 is 2.29. The molecule has 1 heterocycles. The third kappa shape index (κ3) is 3.33. The van der Waals surface area contributed by atoms with Crippen LogP contribution in [0.5, 0.6) is 0 Å². The molecule has 0 aliphatic carbocycles. The summed E-state index contributed by atoms with van der Waals surface area (Å²) in [5, 5.41) is 0. The summed E-state index contributed by atoms with van der Waals surface area (Å²) in [7, 11) is 0. The molecular formula is C23H20N2. The second-order valence-electron chi connectivity index (χ2n) is 5.99. The Labute approximate surface area is 148 Å². The number of para-hydroxylation sites is 2. The van der Waals surface area contributed by atoms with Crippen molar-refractivity contribution in [1.82, 2.24) is 4.57 Å². The first-order chi connectivity index (χ1) is 12.4. The van der Waals surface area contributed by atoms with E-state index in [9.17, 15) is 0 Å². The van der Waals surface area contributed by atoms with Crippen molar-refractivity contribution in [2.45, 2.75) is 6.54 Å². The fourth-order valence-electron chi connectivity index (χ4n) is 3.09. The summed E-state index contributed by atoms with van der Waals surface area (Å²) >= 11 is 0. The average molecular weight is 324 g/mol. The molecule has 0 atom stereocenters. The van der Waals surface area contributed by atoms with Crippen LogP contribution < -0.4 is 4.90 Å². The van der Waals surface area contributed by atoms with Gasteiger partial charge in [0.05, 0.1) is 0 Å². The van der Waals surface area contributed by atoms with Gasteiger partial charge in [0, 0.05) is 24.1 Å². The van der Waals surface area contributed by atoms with Crippen molar-refractivity contribution in [3.8, 4) is 0 Å². The van der Waals surface area contributed by atoms with Crippen LogP contribution >= 0.6 is 0 Å². The normalized spacial score (nSPS) is 10.6. The van der Waals surface area contributed by atoms with E-state index in [-0.39, 0.29) is 0 Å². The van der Waals surface area contributed by atoms with Crippen LogP contribution in [0.4, 0.5) is 17.2 Å². The minimum atomic E-state index is 0.847. The van der Waals surface area contributed by atoms with Gasteiger partial charge in [0.15, 0.2) is 0 Å². The Balaban J connectivity index is 1.78. The molecule has 0 saturated carbocycles. The maximum atomic E-state index is 2.29. The van der Waals surface area contributed by atoms with Crippen molar-refractivity contribution in [2.24, 2.45) is 0 Å². The predicted molar refractivity (Wildman–Crippen MR) is 105 cm³/mol. The van der Waals surface area contributed by atoms with Crippen LogP contribution in [0.25, 0.3) is 0 Å². The fraction of sp³-hybridized carbons (Fsp3) is 0.0435. The molecule has 122 valence electrons. The smallest absolute Gasteiger partial charge is 0.117 e. The molecule has 0 fully saturated rings. The van der Waals surface area contributed by atoms with Gasteiger partial charge in [0.1, 0.15) is 5.82 Å². The second-order valence-corrected chi connectivity index (χ2v) is 5.99. The molecule has 1 aromatic heterocycles. The molecule has 25 heavy (non-hydrogen) atoms. The number of hydrogen-bond donors (Lipinski definition) is 0. The van der Waals surface area contributed by atoms with E-state index in [2.05, 4.69) is 119 Å². The topological polar surface area (TPSA) is 8.17 Å². The lowest BCUT2D eigenvalue weighted by Gasteiger charge is -2.26. The number of anilines is 3. The molecule has 2 nitrogen and oxygen atoms in total. The van der Waals surface area contributed by atoms with Crippen LogP contribution in [0, 0.1) is 0 Å². The minimum Gasteiger partial charge on any atom is -0.330 e. The fourth-order valence-corrected chi connectivity index (χ4v) is 3.09. The zero-order chi connectivity index (χ0) is 16.9. The van der Waals surface area contributed by atoms with Gasteiger partial charge in [-0.2, -0.15) is 0 Å². The summed E-state index contributed by atoms with van der Waals surface area (Å²) in [4.78, 5) is 2.29. The number of hydrogen-bond acceptors (Lipinski definition) is 1. The summed E-state index contributed by atoms with van der Waals surface area (Å²) in [5.74, 6) is 1.15. The van der Waals surface area contributed by atoms with Crippen molar-refractivity contribution < 1.29 is 0 Å². The maximum absolute atomic E-state index is 2.29. The molecule has 4 aromatic rings. The Morgan fingerprint density at radius 3 is 1.64 bits per heavy atom. The van der Waals surface area contributed by atoms with E-state index in [1.165, 1.54) is 5.56 Å². The monoisotopic (exact) mass is 324 g/mol. The molecule has 0 bridgehead atoms. The number of rotatable bonds is 5. The molecule has 3 aromatic carbocycles. The van der Waals surface area contributed by atoms with E-state index in [0.717, 1.165) is 23.7 Å². The van der Waals surface area contributed by atoms with Crippen LogP contribution in [0.15, 0.2) is 109 Å². The van der Waals surface area contributed by atoms with Gasteiger partial charge < -0.3 is 4.57 Å². The average Bonchev–Trinajstić information content (AvgIpc) is 3.12. The van der Waals surface area contributed by atoms with Crippen LogP contribution in [0.2, 0.25) is 0 Å². The van der Waals surface area contributed by atoms with Crippen molar-refractivity contribution in [3.63, 3.8) is 0 Å². The Bertz CT molecular complexity index is 873. The molecular weight excluding hydrogens is 304 g/mol. The van der Waals surface area contributed by atoms with Gasteiger partial charge in [-0.15, -0.1) is 0 Å². The highest BCUT2D eigenvalue weighted by Gasteiger charge is 2.15. The van der Waals surface area contributed by atoms with E-state index in [1.54, 1.807) is 0 Å². The molecule has 0 spiro atoms. The largest absolute Gasteiger partial charge is 0.330 e. The zero-order valence-electron chi connectivity index (χ0n) is 14.0. The second kappa shape index (κ2) is 7.10. The lowest BCUT2D eigenvalue weighted by molar-refractivity contribution is 0.802. The quantitative estimate of drug-likeness (QED) is 0.436. The number of aromatic nitrogens is 1. The SMILES string of the molecule is c1ccc(Cn2cccc2N(c2ccccc2)c2ccccc2)cc1. The predicted octanol–water partition coefficient (Wildman–Crippen LogP) is 6.01. The van der Waals surface area contributed by atoms with Crippen LogP contribution in [0.3, 0.4) is 0 Å². The molecule has 0 N–H and O–H groups in total. The van der Waals surface area contributed by atoms with Crippen molar-refractivity contribution in [2.75, 3.05) is 4.90 Å². The van der Waals surface area contributed by atoms with Gasteiger partial charge in [-0.05, 0) is 42.0 Å². The highest BCUT2D eigenvalue weighted by molar-refractivity contribution is 5.74. The summed E-state index contributed by atoms with van der Waals surface area (Å²) in [5.41, 5.74) is 3.60. The summed E-state index contributed by atoms with van der Waals surface area (Å²) in [6.45, 7) is 0.847. The first-order valence-corrected chi connectivity index (χ1v) is 8.51. The minimum absolute atomic E-state index is 0.847. The van der Waals surface area contributed by atoms with Gasteiger partial charge in [0.2, 0.25) is 0 Å². The number of benzene rings is 3. The van der Waals surface area contributed by atoms with Crippen LogP contribution in [0.1, 0.15) is 5.56 Å². The van der Waals surface area contributed by atoms with E-state index in [1.807, 2.05) is 0 Å². The lowest BCUT2D eigenvalue weighted by atomic mass is 10.2. The van der Waals surface area contributed by atoms with Crippen molar-refractivity contribution >= 4 is 17.2 Å². The molecule has 0 unspecified atom stereocenters. The Morgan fingerprint density at radius 1 is 0.560 bits per heavy atom. The van der Waals surface area contributed by atoms with Gasteiger partial charge in [0.25, 0.3) is 0 Å². The van der Waals surface area contributed by atoms with Crippen molar-refractivity contribution in [1.29, 1.82) is 0 Å². The van der Waals surface area contributed by atoms with Crippen LogP contribution in [-0.2, 0) is 6.54 Å². The zero-order valence-corrected chi connectivity index (χ0v) is 14.0. The first kappa shape index (κ1) is 15.3. The summed E-state index contributed by atoms with van der Waals surface area (Å²) in [6.07, 6.45) is 2.14. The highest BCUT2D eigenvalue weighted by atomic mass is 15.2. The molecule has 0 amide bonds. The Morgan fingerprint density at radius 2 is 1.08 bits per heavy atom. The molecule has 0 saturated heterocycles. The number of nitrogens with zero attached hydrogens (tertiary/aromatic N) is 2. The van der Waals surface area contributed by atoms with Gasteiger partial charge in [-0.3, -0.25) is 4.90 Å². The first-order valence-electron chi connectivity index (χ1n) is 8.51. The van der Waals surface area contributed by atoms with E-state index in [0.29, 0.717) is 0 Å². The van der Waals surface area contributed by atoms with E-state index >= 15 is 0 Å². The Hall–Kier alpha value is -3.26.